The van der Waals surface area contributed by atoms with Crippen LogP contribution in [0.5, 0.6) is 0 Å². The number of carbonyl (C=O) groups is 1. The summed E-state index contributed by atoms with van der Waals surface area (Å²) in [6, 6.07) is 0. The third-order valence-corrected chi connectivity index (χ3v) is 3.37. The quantitative estimate of drug-likeness (QED) is 0.616. The van der Waals surface area contributed by atoms with E-state index >= 15 is 0 Å². The van der Waals surface area contributed by atoms with Crippen LogP contribution in [0.2, 0.25) is 0 Å². The largest absolute Gasteiger partial charge is 0.460 e. The van der Waals surface area contributed by atoms with Gasteiger partial charge in [0.1, 0.15) is 6.10 Å². The van der Waals surface area contributed by atoms with Crippen LogP contribution in [0.3, 0.4) is 0 Å². The van der Waals surface area contributed by atoms with Crippen molar-refractivity contribution in [1.29, 1.82) is 0 Å². The predicted octanol–water partition coefficient (Wildman–Crippen LogP) is 3.45. The molecule has 1 unspecified atom stereocenters. The molecule has 130 valence electrons. The van der Waals surface area contributed by atoms with E-state index in [4.69, 9.17) is 5.11 Å². The monoisotopic (exact) mass is 340 g/mol. The number of aliphatic hydroxyl groups is 1. The lowest BCUT2D eigenvalue weighted by atomic mass is 9.97. The Morgan fingerprint density at radius 2 is 1.55 bits per heavy atom. The van der Waals surface area contributed by atoms with E-state index in [0.717, 1.165) is 6.42 Å². The van der Waals surface area contributed by atoms with Gasteiger partial charge in [-0.1, -0.05) is 6.42 Å². The SMILES string of the molecule is O=C(OC1CCCCC1)C(O)CC(F)(F)C(F)(F)C(F)(F)F. The summed E-state index contributed by atoms with van der Waals surface area (Å²) in [5.41, 5.74) is 0. The van der Waals surface area contributed by atoms with Gasteiger partial charge in [-0.15, -0.1) is 0 Å². The Balaban J connectivity index is 2.65. The van der Waals surface area contributed by atoms with E-state index in [9.17, 15) is 35.5 Å². The minimum absolute atomic E-state index is 0.424. The van der Waals surface area contributed by atoms with Crippen molar-refractivity contribution < 1.29 is 45.4 Å². The van der Waals surface area contributed by atoms with Crippen LogP contribution in [0.4, 0.5) is 30.7 Å². The normalized spacial score (nSPS) is 19.8. The standard InChI is InChI=1S/C12H15F7O3/c13-10(14,11(15,16)12(17,18)19)6-8(20)9(21)22-7-4-2-1-3-5-7/h7-8,20H,1-6H2. The first-order valence-corrected chi connectivity index (χ1v) is 6.59. The Kier molecular flexibility index (Phi) is 5.69. The summed E-state index contributed by atoms with van der Waals surface area (Å²) in [5, 5.41) is 9.16. The van der Waals surface area contributed by atoms with Crippen LogP contribution in [0.25, 0.3) is 0 Å². The fourth-order valence-electron chi connectivity index (χ4n) is 2.09. The highest BCUT2D eigenvalue weighted by Crippen LogP contribution is 2.48. The lowest BCUT2D eigenvalue weighted by Gasteiger charge is -2.29. The van der Waals surface area contributed by atoms with Crippen LogP contribution in [-0.2, 0) is 9.53 Å². The zero-order chi connectivity index (χ0) is 17.2. The molecule has 0 aromatic carbocycles. The van der Waals surface area contributed by atoms with Crippen molar-refractivity contribution in [3.63, 3.8) is 0 Å². The molecule has 0 bridgehead atoms. The number of hydrogen-bond acceptors (Lipinski definition) is 3. The van der Waals surface area contributed by atoms with Gasteiger partial charge in [0.2, 0.25) is 0 Å². The van der Waals surface area contributed by atoms with E-state index in [0.29, 0.717) is 25.7 Å². The molecule has 0 aliphatic heterocycles. The van der Waals surface area contributed by atoms with Crippen molar-refractivity contribution in [2.45, 2.75) is 68.8 Å². The molecular formula is C12H15F7O3. The number of hydrogen-bond donors (Lipinski definition) is 1. The first-order chi connectivity index (χ1) is 9.88. The summed E-state index contributed by atoms with van der Waals surface area (Å²) in [4.78, 5) is 11.3. The van der Waals surface area contributed by atoms with Crippen molar-refractivity contribution in [3.05, 3.63) is 0 Å². The number of ether oxygens (including phenoxy) is 1. The van der Waals surface area contributed by atoms with Crippen molar-refractivity contribution in [1.82, 2.24) is 0 Å². The molecule has 3 nitrogen and oxygen atoms in total. The molecule has 0 heterocycles. The van der Waals surface area contributed by atoms with Crippen LogP contribution in [-0.4, -0.2) is 41.3 Å². The third-order valence-electron chi connectivity index (χ3n) is 3.37. The molecule has 1 saturated carbocycles. The smallest absolute Gasteiger partial charge is 0.459 e. The number of rotatable bonds is 5. The van der Waals surface area contributed by atoms with Gasteiger partial charge in [-0.3, -0.25) is 0 Å². The molecule has 0 saturated heterocycles. The van der Waals surface area contributed by atoms with Crippen LogP contribution in [0, 0.1) is 0 Å². The molecular weight excluding hydrogens is 325 g/mol. The molecule has 0 aromatic rings. The third kappa shape index (κ3) is 4.23. The van der Waals surface area contributed by atoms with E-state index < -0.39 is 42.6 Å². The van der Waals surface area contributed by atoms with E-state index in [1.807, 2.05) is 0 Å². The van der Waals surface area contributed by atoms with E-state index in [-0.39, 0.29) is 0 Å². The summed E-state index contributed by atoms with van der Waals surface area (Å²) >= 11 is 0. The van der Waals surface area contributed by atoms with Crippen molar-refractivity contribution in [3.8, 4) is 0 Å². The maximum Gasteiger partial charge on any atom is 0.459 e. The fraction of sp³-hybridized carbons (Fsp3) is 0.917. The number of esters is 1. The summed E-state index contributed by atoms with van der Waals surface area (Å²) in [5.74, 6) is -13.6. The lowest BCUT2D eigenvalue weighted by molar-refractivity contribution is -0.358. The first kappa shape index (κ1) is 19.0. The van der Waals surface area contributed by atoms with Crippen molar-refractivity contribution >= 4 is 5.97 Å². The van der Waals surface area contributed by atoms with Crippen molar-refractivity contribution in [2.75, 3.05) is 0 Å². The molecule has 10 heteroatoms. The molecule has 0 spiro atoms. The minimum Gasteiger partial charge on any atom is -0.460 e. The summed E-state index contributed by atoms with van der Waals surface area (Å²) in [6.45, 7) is 0. The summed E-state index contributed by atoms with van der Waals surface area (Å²) in [6.07, 6.45) is -9.13. The summed E-state index contributed by atoms with van der Waals surface area (Å²) < 4.78 is 91.8. The van der Waals surface area contributed by atoms with Crippen LogP contribution in [0.15, 0.2) is 0 Å². The molecule has 1 rings (SSSR count). The average molecular weight is 340 g/mol. The number of alkyl halides is 7. The number of aliphatic hydroxyl groups excluding tert-OH is 1. The van der Waals surface area contributed by atoms with Gasteiger partial charge < -0.3 is 9.84 Å². The van der Waals surface area contributed by atoms with Crippen molar-refractivity contribution in [2.24, 2.45) is 0 Å². The summed E-state index contributed by atoms with van der Waals surface area (Å²) in [7, 11) is 0. The maximum absolute atomic E-state index is 13.0. The maximum atomic E-state index is 13.0. The van der Waals surface area contributed by atoms with Gasteiger partial charge in [0, 0.05) is 0 Å². The fourth-order valence-corrected chi connectivity index (χ4v) is 2.09. The zero-order valence-electron chi connectivity index (χ0n) is 11.3. The highest BCUT2D eigenvalue weighted by Gasteiger charge is 2.73. The highest BCUT2D eigenvalue weighted by molar-refractivity contribution is 5.74. The molecule has 1 aliphatic carbocycles. The van der Waals surface area contributed by atoms with Gasteiger partial charge in [0.25, 0.3) is 0 Å². The molecule has 0 amide bonds. The van der Waals surface area contributed by atoms with Gasteiger partial charge >= 0.3 is 24.0 Å². The zero-order valence-corrected chi connectivity index (χ0v) is 11.3. The van der Waals surface area contributed by atoms with Gasteiger partial charge in [-0.05, 0) is 25.7 Å². The van der Waals surface area contributed by atoms with E-state index in [1.54, 1.807) is 0 Å². The molecule has 1 fully saturated rings. The Morgan fingerprint density at radius 3 is 2.00 bits per heavy atom. The highest BCUT2D eigenvalue weighted by atomic mass is 19.4. The molecule has 1 aliphatic rings. The Hall–Kier alpha value is -1.06. The number of halogens is 7. The second-order valence-corrected chi connectivity index (χ2v) is 5.19. The molecule has 1 atom stereocenters. The topological polar surface area (TPSA) is 46.5 Å². The second-order valence-electron chi connectivity index (χ2n) is 5.19. The lowest BCUT2D eigenvalue weighted by Crippen LogP contribution is -2.54. The van der Waals surface area contributed by atoms with Crippen LogP contribution >= 0.6 is 0 Å². The van der Waals surface area contributed by atoms with E-state index in [1.165, 1.54) is 0 Å². The molecule has 1 N–H and O–H groups in total. The van der Waals surface area contributed by atoms with Gasteiger partial charge in [-0.25, -0.2) is 4.79 Å². The Bertz CT molecular complexity index is 389. The Labute approximate surface area is 121 Å². The Morgan fingerprint density at radius 1 is 1.05 bits per heavy atom. The molecule has 22 heavy (non-hydrogen) atoms. The first-order valence-electron chi connectivity index (χ1n) is 6.59. The molecule has 0 aromatic heterocycles. The predicted molar refractivity (Wildman–Crippen MR) is 59.5 cm³/mol. The van der Waals surface area contributed by atoms with Crippen LogP contribution < -0.4 is 0 Å². The minimum atomic E-state index is -6.50. The second kappa shape index (κ2) is 6.59. The molecule has 0 radical (unpaired) electrons. The van der Waals surface area contributed by atoms with E-state index in [2.05, 4.69) is 4.74 Å². The average Bonchev–Trinajstić information content (AvgIpc) is 2.37. The van der Waals surface area contributed by atoms with Crippen LogP contribution in [0.1, 0.15) is 38.5 Å². The van der Waals surface area contributed by atoms with Gasteiger partial charge in [0.15, 0.2) is 6.10 Å². The van der Waals surface area contributed by atoms with Gasteiger partial charge in [0.05, 0.1) is 6.42 Å². The van der Waals surface area contributed by atoms with Gasteiger partial charge in [-0.2, -0.15) is 30.7 Å². The number of carbonyl (C=O) groups excluding carboxylic acids is 1.